The maximum Gasteiger partial charge on any atom is 0.258 e. The smallest absolute Gasteiger partial charge is 0.258 e. The van der Waals surface area contributed by atoms with Gasteiger partial charge in [0.05, 0.1) is 0 Å². The van der Waals surface area contributed by atoms with E-state index in [1.807, 2.05) is 32.0 Å². The van der Waals surface area contributed by atoms with E-state index in [0.717, 1.165) is 11.1 Å². The van der Waals surface area contributed by atoms with Crippen LogP contribution in [-0.4, -0.2) is 11.8 Å². The number of carbonyl (C=O) groups is 2. The summed E-state index contributed by atoms with van der Waals surface area (Å²) in [6.45, 7) is 3.84. The number of nitrogens with two attached hydrogens (primary N) is 3. The monoisotopic (exact) mass is 248 g/mol. The number of anilines is 1. The second-order valence-corrected chi connectivity index (χ2v) is 4.02. The first-order valence-corrected chi connectivity index (χ1v) is 5.26. The third-order valence-corrected chi connectivity index (χ3v) is 2.26. The van der Waals surface area contributed by atoms with E-state index in [1.54, 1.807) is 0 Å². The van der Waals surface area contributed by atoms with Gasteiger partial charge >= 0.3 is 0 Å². The number of carbonyl (C=O) groups excluding carboxylic acids is 2. The molecule has 1 aromatic rings. The largest absolute Gasteiger partial charge is 0.384 e. The summed E-state index contributed by atoms with van der Waals surface area (Å²) in [5.41, 5.74) is 17.9. The molecule has 0 aromatic heterocycles. The van der Waals surface area contributed by atoms with Crippen molar-refractivity contribution in [1.82, 2.24) is 0 Å². The van der Waals surface area contributed by atoms with Gasteiger partial charge in [0, 0.05) is 5.69 Å². The van der Waals surface area contributed by atoms with Crippen LogP contribution in [0.4, 0.5) is 5.69 Å². The fourth-order valence-electron chi connectivity index (χ4n) is 1.65. The number of primary amides is 2. The first kappa shape index (κ1) is 13.6. The van der Waals surface area contributed by atoms with Crippen molar-refractivity contribution < 1.29 is 9.59 Å². The van der Waals surface area contributed by atoms with Gasteiger partial charge in [-0.3, -0.25) is 9.59 Å². The highest BCUT2D eigenvalue weighted by Crippen LogP contribution is 2.15. The first-order valence-electron chi connectivity index (χ1n) is 5.26. The molecular formula is C12H16N4O2. The molecule has 1 rings (SSSR count). The Hall–Kier alpha value is -2.50. The third-order valence-electron chi connectivity index (χ3n) is 2.26. The van der Waals surface area contributed by atoms with Gasteiger partial charge in [-0.15, -0.1) is 0 Å². The van der Waals surface area contributed by atoms with Gasteiger partial charge in [0.2, 0.25) is 0 Å². The molecule has 0 saturated carbocycles. The van der Waals surface area contributed by atoms with Crippen molar-refractivity contribution in [3.63, 3.8) is 0 Å². The van der Waals surface area contributed by atoms with Crippen LogP contribution in [-0.2, 0) is 9.59 Å². The molecule has 0 radical (unpaired) electrons. The maximum atomic E-state index is 11.1. The predicted octanol–water partition coefficient (Wildman–Crippen LogP) is -0.144. The summed E-state index contributed by atoms with van der Waals surface area (Å²) >= 11 is 0. The second-order valence-electron chi connectivity index (χ2n) is 4.02. The highest BCUT2D eigenvalue weighted by Gasteiger charge is 2.16. The van der Waals surface area contributed by atoms with E-state index >= 15 is 0 Å². The molecule has 0 unspecified atom stereocenters. The second kappa shape index (κ2) is 5.22. The molecule has 0 aliphatic carbocycles. The van der Waals surface area contributed by atoms with Crippen molar-refractivity contribution in [2.45, 2.75) is 13.8 Å². The SMILES string of the molecule is Cc1cc(C)cc(NC(N)=C(C(N)=O)C(N)=O)c1. The summed E-state index contributed by atoms with van der Waals surface area (Å²) in [4.78, 5) is 22.1. The minimum atomic E-state index is -0.961. The average molecular weight is 248 g/mol. The van der Waals surface area contributed by atoms with Crippen molar-refractivity contribution in [3.05, 3.63) is 40.7 Å². The van der Waals surface area contributed by atoms with Crippen molar-refractivity contribution in [2.75, 3.05) is 5.32 Å². The Kier molecular flexibility index (Phi) is 3.93. The summed E-state index contributed by atoms with van der Waals surface area (Å²) in [5, 5.41) is 2.74. The molecule has 18 heavy (non-hydrogen) atoms. The molecule has 0 saturated heterocycles. The summed E-state index contributed by atoms with van der Waals surface area (Å²) in [7, 11) is 0. The minimum absolute atomic E-state index is 0.153. The number of rotatable bonds is 4. The maximum absolute atomic E-state index is 11.1. The molecule has 0 aliphatic heterocycles. The van der Waals surface area contributed by atoms with Crippen LogP contribution < -0.4 is 22.5 Å². The van der Waals surface area contributed by atoms with Crippen LogP contribution >= 0.6 is 0 Å². The quantitative estimate of drug-likeness (QED) is 0.336. The Morgan fingerprint density at radius 2 is 1.39 bits per heavy atom. The van der Waals surface area contributed by atoms with Gasteiger partial charge in [-0.1, -0.05) is 6.07 Å². The lowest BCUT2D eigenvalue weighted by molar-refractivity contribution is -0.120. The third kappa shape index (κ3) is 3.24. The van der Waals surface area contributed by atoms with Crippen molar-refractivity contribution in [1.29, 1.82) is 0 Å². The van der Waals surface area contributed by atoms with Gasteiger partial charge in [-0.25, -0.2) is 0 Å². The highest BCUT2D eigenvalue weighted by atomic mass is 16.2. The van der Waals surface area contributed by atoms with E-state index in [9.17, 15) is 9.59 Å². The van der Waals surface area contributed by atoms with Gasteiger partial charge in [0.25, 0.3) is 11.8 Å². The zero-order valence-corrected chi connectivity index (χ0v) is 10.3. The standard InChI is InChI=1S/C12H16N4O2/c1-6-3-7(2)5-8(4-6)16-10(13)9(11(14)17)12(15)18/h3-5,16H,13H2,1-2H3,(H2,14,17)(H2,15,18). The van der Waals surface area contributed by atoms with Crippen molar-refractivity contribution in [3.8, 4) is 0 Å². The van der Waals surface area contributed by atoms with E-state index in [1.165, 1.54) is 0 Å². The fourth-order valence-corrected chi connectivity index (χ4v) is 1.65. The number of benzene rings is 1. The molecule has 7 N–H and O–H groups in total. The van der Waals surface area contributed by atoms with E-state index < -0.39 is 17.4 Å². The van der Waals surface area contributed by atoms with Gasteiger partial charge in [-0.05, 0) is 37.1 Å². The summed E-state index contributed by atoms with van der Waals surface area (Å²) in [6.07, 6.45) is 0. The van der Waals surface area contributed by atoms with Crippen molar-refractivity contribution >= 4 is 17.5 Å². The summed E-state index contributed by atoms with van der Waals surface area (Å²) in [5.74, 6) is -2.08. The molecule has 0 aliphatic rings. The Balaban J connectivity index is 3.12. The molecule has 1 aromatic carbocycles. The summed E-state index contributed by atoms with van der Waals surface area (Å²) in [6, 6.07) is 5.62. The molecule has 6 heteroatoms. The molecule has 2 amide bonds. The van der Waals surface area contributed by atoms with Crippen LogP contribution in [0.2, 0.25) is 0 Å². The molecule has 0 spiro atoms. The van der Waals surface area contributed by atoms with E-state index in [0.29, 0.717) is 5.69 Å². The number of aryl methyl sites for hydroxylation is 2. The average Bonchev–Trinajstić information content (AvgIpc) is 2.13. The van der Waals surface area contributed by atoms with Crippen LogP contribution in [0, 0.1) is 13.8 Å². The fraction of sp³-hybridized carbons (Fsp3) is 0.167. The number of nitrogens with one attached hydrogen (secondary N) is 1. The number of hydrogen-bond donors (Lipinski definition) is 4. The Labute approximate surface area is 105 Å². The Morgan fingerprint density at radius 1 is 0.944 bits per heavy atom. The minimum Gasteiger partial charge on any atom is -0.384 e. The first-order chi connectivity index (χ1) is 8.31. The summed E-state index contributed by atoms with van der Waals surface area (Å²) < 4.78 is 0. The Morgan fingerprint density at radius 3 is 1.78 bits per heavy atom. The lowest BCUT2D eigenvalue weighted by atomic mass is 10.1. The van der Waals surface area contributed by atoms with Gasteiger partial charge in [0.15, 0.2) is 0 Å². The van der Waals surface area contributed by atoms with E-state index in [4.69, 9.17) is 17.2 Å². The van der Waals surface area contributed by atoms with Gasteiger partial charge < -0.3 is 22.5 Å². The molecule has 0 heterocycles. The molecule has 96 valence electrons. The van der Waals surface area contributed by atoms with Crippen LogP contribution in [0.5, 0.6) is 0 Å². The van der Waals surface area contributed by atoms with Gasteiger partial charge in [0.1, 0.15) is 11.4 Å². The van der Waals surface area contributed by atoms with Crippen LogP contribution in [0.25, 0.3) is 0 Å². The molecule has 0 bridgehead atoms. The van der Waals surface area contributed by atoms with Crippen LogP contribution in [0.3, 0.4) is 0 Å². The zero-order chi connectivity index (χ0) is 13.9. The molecular weight excluding hydrogens is 232 g/mol. The number of amides is 2. The molecule has 6 nitrogen and oxygen atoms in total. The van der Waals surface area contributed by atoms with Crippen LogP contribution in [0.1, 0.15) is 11.1 Å². The highest BCUT2D eigenvalue weighted by molar-refractivity contribution is 6.18. The van der Waals surface area contributed by atoms with E-state index in [2.05, 4.69) is 5.32 Å². The number of hydrogen-bond acceptors (Lipinski definition) is 4. The zero-order valence-electron chi connectivity index (χ0n) is 10.3. The van der Waals surface area contributed by atoms with Crippen LogP contribution in [0.15, 0.2) is 29.6 Å². The predicted molar refractivity (Wildman–Crippen MR) is 69.1 cm³/mol. The van der Waals surface area contributed by atoms with Gasteiger partial charge in [-0.2, -0.15) is 0 Å². The normalized spacial score (nSPS) is 9.67. The van der Waals surface area contributed by atoms with E-state index in [-0.39, 0.29) is 5.82 Å². The molecule has 0 atom stereocenters. The lowest BCUT2D eigenvalue weighted by Gasteiger charge is -2.10. The molecule has 0 fully saturated rings. The lowest BCUT2D eigenvalue weighted by Crippen LogP contribution is -2.31. The Bertz CT molecular complexity index is 499. The topological polar surface area (TPSA) is 124 Å². The van der Waals surface area contributed by atoms with Crippen molar-refractivity contribution in [2.24, 2.45) is 17.2 Å².